The van der Waals surface area contributed by atoms with Crippen molar-refractivity contribution in [1.29, 1.82) is 0 Å². The summed E-state index contributed by atoms with van der Waals surface area (Å²) in [5.74, 6) is -0.199. The van der Waals surface area contributed by atoms with Crippen LogP contribution in [0.25, 0.3) is 5.57 Å². The molecule has 18 heavy (non-hydrogen) atoms. The zero-order valence-electron chi connectivity index (χ0n) is 9.79. The third kappa shape index (κ3) is 2.32. The number of halogens is 2. The fraction of sp³-hybridized carbons (Fsp3) is 0.125. The average molecular weight is 259 g/mol. The Labute approximate surface area is 111 Å². The lowest BCUT2D eigenvalue weighted by molar-refractivity contribution is 0.627. The number of hydrogen-bond acceptors (Lipinski definition) is 0. The molecule has 90 valence electrons. The maximum absolute atomic E-state index is 13.0. The summed E-state index contributed by atoms with van der Waals surface area (Å²) in [6.45, 7) is 0. The van der Waals surface area contributed by atoms with Gasteiger partial charge in [-0.1, -0.05) is 41.4 Å². The van der Waals surface area contributed by atoms with Crippen LogP contribution in [0.1, 0.15) is 24.0 Å². The molecule has 0 atom stereocenters. The maximum atomic E-state index is 13.0. The fourth-order valence-corrected chi connectivity index (χ4v) is 2.25. The Hall–Kier alpha value is -1.60. The topological polar surface area (TPSA) is 0 Å². The van der Waals surface area contributed by atoms with E-state index in [1.165, 1.54) is 23.3 Å². The molecule has 0 aliphatic heterocycles. The number of benzene rings is 2. The van der Waals surface area contributed by atoms with Crippen molar-refractivity contribution in [3.8, 4) is 0 Å². The fourth-order valence-electron chi connectivity index (χ4n) is 2.12. The summed E-state index contributed by atoms with van der Waals surface area (Å²) < 4.78 is 13.0. The van der Waals surface area contributed by atoms with E-state index in [-0.39, 0.29) is 5.82 Å². The third-order valence-corrected chi connectivity index (χ3v) is 3.37. The molecule has 2 aromatic rings. The van der Waals surface area contributed by atoms with E-state index in [0.717, 1.165) is 29.0 Å². The first kappa shape index (κ1) is 11.5. The van der Waals surface area contributed by atoms with Crippen LogP contribution in [-0.2, 0) is 0 Å². The molecule has 2 heteroatoms. The lowest BCUT2D eigenvalue weighted by atomic mass is 9.97. The Morgan fingerprint density at radius 3 is 1.83 bits per heavy atom. The van der Waals surface area contributed by atoms with Crippen molar-refractivity contribution in [3.63, 3.8) is 0 Å². The van der Waals surface area contributed by atoms with Crippen molar-refractivity contribution in [2.45, 2.75) is 12.8 Å². The van der Waals surface area contributed by atoms with Crippen molar-refractivity contribution < 1.29 is 4.39 Å². The largest absolute Gasteiger partial charge is 0.207 e. The minimum absolute atomic E-state index is 0.199. The third-order valence-electron chi connectivity index (χ3n) is 3.12. The zero-order valence-corrected chi connectivity index (χ0v) is 10.5. The van der Waals surface area contributed by atoms with Crippen LogP contribution in [0.15, 0.2) is 54.1 Å². The van der Waals surface area contributed by atoms with Crippen LogP contribution in [0.5, 0.6) is 0 Å². The molecule has 1 fully saturated rings. The average Bonchev–Trinajstić information content (AvgIpc) is 3.19. The number of allylic oxidation sites excluding steroid dienone is 1. The molecule has 0 spiro atoms. The van der Waals surface area contributed by atoms with Gasteiger partial charge in [-0.15, -0.1) is 0 Å². The van der Waals surface area contributed by atoms with E-state index in [4.69, 9.17) is 11.6 Å². The summed E-state index contributed by atoms with van der Waals surface area (Å²) in [7, 11) is 0. The Balaban J connectivity index is 2.07. The monoisotopic (exact) mass is 258 g/mol. The van der Waals surface area contributed by atoms with Gasteiger partial charge in [-0.05, 0) is 53.8 Å². The molecule has 0 amide bonds. The maximum Gasteiger partial charge on any atom is 0.123 e. The van der Waals surface area contributed by atoms with Crippen LogP contribution in [-0.4, -0.2) is 0 Å². The van der Waals surface area contributed by atoms with Gasteiger partial charge in [-0.2, -0.15) is 0 Å². The van der Waals surface area contributed by atoms with Crippen molar-refractivity contribution in [3.05, 3.63) is 76.1 Å². The van der Waals surface area contributed by atoms with Gasteiger partial charge in [0, 0.05) is 5.02 Å². The van der Waals surface area contributed by atoms with Crippen molar-refractivity contribution in [1.82, 2.24) is 0 Å². The van der Waals surface area contributed by atoms with E-state index in [2.05, 4.69) is 0 Å². The molecule has 0 bridgehead atoms. The SMILES string of the molecule is Fc1ccc(C(=C2CC2)c2ccc(Cl)cc2)cc1. The Kier molecular flexibility index (Phi) is 2.92. The van der Waals surface area contributed by atoms with Crippen LogP contribution < -0.4 is 0 Å². The summed E-state index contributed by atoms with van der Waals surface area (Å²) in [4.78, 5) is 0. The second-order valence-corrected chi connectivity index (χ2v) is 4.93. The molecule has 0 heterocycles. The molecule has 0 radical (unpaired) electrons. The molecular weight excluding hydrogens is 247 g/mol. The highest BCUT2D eigenvalue weighted by molar-refractivity contribution is 6.30. The van der Waals surface area contributed by atoms with E-state index >= 15 is 0 Å². The predicted molar refractivity (Wildman–Crippen MR) is 73.1 cm³/mol. The van der Waals surface area contributed by atoms with E-state index in [1.54, 1.807) is 0 Å². The highest BCUT2D eigenvalue weighted by atomic mass is 35.5. The van der Waals surface area contributed by atoms with Gasteiger partial charge >= 0.3 is 0 Å². The lowest BCUT2D eigenvalue weighted by Crippen LogP contribution is -1.88. The van der Waals surface area contributed by atoms with Crippen molar-refractivity contribution in [2.24, 2.45) is 0 Å². The van der Waals surface area contributed by atoms with Gasteiger partial charge in [0.25, 0.3) is 0 Å². The van der Waals surface area contributed by atoms with Crippen LogP contribution >= 0.6 is 11.6 Å². The van der Waals surface area contributed by atoms with Gasteiger partial charge in [0.05, 0.1) is 0 Å². The molecule has 2 aromatic carbocycles. The van der Waals surface area contributed by atoms with Gasteiger partial charge in [-0.25, -0.2) is 4.39 Å². The highest BCUT2D eigenvalue weighted by Crippen LogP contribution is 2.40. The molecule has 1 aliphatic rings. The number of hydrogen-bond donors (Lipinski definition) is 0. The molecule has 1 aliphatic carbocycles. The molecule has 0 aromatic heterocycles. The van der Waals surface area contributed by atoms with Crippen molar-refractivity contribution >= 4 is 17.2 Å². The Morgan fingerprint density at radius 2 is 1.33 bits per heavy atom. The van der Waals surface area contributed by atoms with Gasteiger partial charge in [0.2, 0.25) is 0 Å². The smallest absolute Gasteiger partial charge is 0.123 e. The van der Waals surface area contributed by atoms with Gasteiger partial charge in [0.15, 0.2) is 0 Å². The molecule has 0 N–H and O–H groups in total. The minimum atomic E-state index is -0.199. The van der Waals surface area contributed by atoms with E-state index in [9.17, 15) is 4.39 Å². The van der Waals surface area contributed by atoms with Crippen LogP contribution in [0.3, 0.4) is 0 Å². The normalized spacial score (nSPS) is 13.6. The lowest BCUT2D eigenvalue weighted by Gasteiger charge is -2.08. The molecule has 0 unspecified atom stereocenters. The highest BCUT2D eigenvalue weighted by Gasteiger charge is 2.20. The second kappa shape index (κ2) is 4.58. The summed E-state index contributed by atoms with van der Waals surface area (Å²) >= 11 is 5.91. The van der Waals surface area contributed by atoms with Gasteiger partial charge < -0.3 is 0 Å². The minimum Gasteiger partial charge on any atom is -0.207 e. The van der Waals surface area contributed by atoms with Crippen LogP contribution in [0, 0.1) is 5.82 Å². The molecule has 1 saturated carbocycles. The van der Waals surface area contributed by atoms with Gasteiger partial charge in [0.1, 0.15) is 5.82 Å². The van der Waals surface area contributed by atoms with E-state index in [0.29, 0.717) is 0 Å². The van der Waals surface area contributed by atoms with Crippen LogP contribution in [0.4, 0.5) is 4.39 Å². The first-order valence-corrected chi connectivity index (χ1v) is 6.36. The van der Waals surface area contributed by atoms with Gasteiger partial charge in [-0.3, -0.25) is 0 Å². The summed E-state index contributed by atoms with van der Waals surface area (Å²) in [5.41, 5.74) is 4.89. The summed E-state index contributed by atoms with van der Waals surface area (Å²) in [6, 6.07) is 14.5. The van der Waals surface area contributed by atoms with E-state index < -0.39 is 0 Å². The Morgan fingerprint density at radius 1 is 0.833 bits per heavy atom. The number of rotatable bonds is 2. The molecular formula is C16H12ClF. The molecule has 0 saturated heterocycles. The summed E-state index contributed by atoms with van der Waals surface area (Å²) in [6.07, 6.45) is 2.27. The zero-order chi connectivity index (χ0) is 12.5. The predicted octanol–water partition coefficient (Wildman–Crippen LogP) is 5.07. The second-order valence-electron chi connectivity index (χ2n) is 4.49. The quantitative estimate of drug-likeness (QED) is 0.705. The van der Waals surface area contributed by atoms with Crippen LogP contribution in [0.2, 0.25) is 5.02 Å². The standard InChI is InChI=1S/C16H12ClF/c17-14-7-3-12(4-8-14)16(11-1-2-11)13-5-9-15(18)10-6-13/h3-10H,1-2H2. The Bertz CT molecular complexity index is 540. The first-order chi connectivity index (χ1) is 8.74. The first-order valence-electron chi connectivity index (χ1n) is 5.98. The molecule has 0 nitrogen and oxygen atoms in total. The van der Waals surface area contributed by atoms with Crippen molar-refractivity contribution in [2.75, 3.05) is 0 Å². The molecule has 3 rings (SSSR count). The summed E-state index contributed by atoms with van der Waals surface area (Å²) in [5, 5.41) is 0.734. The van der Waals surface area contributed by atoms with E-state index in [1.807, 2.05) is 36.4 Å².